The lowest BCUT2D eigenvalue weighted by atomic mass is 10.2. The molecule has 0 spiro atoms. The Morgan fingerprint density at radius 3 is 2.41 bits per heavy atom. The zero-order valence-corrected chi connectivity index (χ0v) is 19.3. The molecule has 1 amide bonds. The van der Waals surface area contributed by atoms with E-state index in [2.05, 4.69) is 10.4 Å². The molecule has 0 aliphatic rings. The van der Waals surface area contributed by atoms with Crippen molar-refractivity contribution in [2.45, 2.75) is 13.2 Å². The van der Waals surface area contributed by atoms with Crippen LogP contribution in [0.4, 0.5) is 5.82 Å². The van der Waals surface area contributed by atoms with Crippen LogP contribution >= 0.6 is 46.4 Å². The highest BCUT2D eigenvalue weighted by molar-refractivity contribution is 6.36. The van der Waals surface area contributed by atoms with Crippen molar-refractivity contribution >= 4 is 58.1 Å². The number of carbonyl (C=O) groups is 1. The number of hydrogen-bond donors (Lipinski definition) is 1. The Labute approximate surface area is 203 Å². The fourth-order valence-electron chi connectivity index (χ4n) is 2.87. The first-order valence-electron chi connectivity index (χ1n) is 9.34. The van der Waals surface area contributed by atoms with Gasteiger partial charge in [-0.3, -0.25) is 9.48 Å². The maximum Gasteiger partial charge on any atom is 0.292 e. The van der Waals surface area contributed by atoms with Gasteiger partial charge in [0.25, 0.3) is 5.91 Å². The fraction of sp³-hybridized carbons (Fsp3) is 0.0909. The second-order valence-corrected chi connectivity index (χ2v) is 8.29. The van der Waals surface area contributed by atoms with Crippen LogP contribution in [0.1, 0.15) is 21.9 Å². The lowest BCUT2D eigenvalue weighted by Gasteiger charge is -2.06. The predicted molar refractivity (Wildman–Crippen MR) is 125 cm³/mol. The molecular formula is C22H15Cl4N3O3. The number of aromatic nitrogens is 2. The first-order chi connectivity index (χ1) is 15.4. The Kier molecular flexibility index (Phi) is 6.96. The maximum absolute atomic E-state index is 12.6. The first kappa shape index (κ1) is 22.6. The largest absolute Gasteiger partial charge is 0.484 e. The van der Waals surface area contributed by atoms with Crippen LogP contribution in [0.15, 0.2) is 65.2 Å². The summed E-state index contributed by atoms with van der Waals surface area (Å²) in [5, 5.41) is 8.70. The zero-order chi connectivity index (χ0) is 22.7. The van der Waals surface area contributed by atoms with E-state index in [-0.39, 0.29) is 23.2 Å². The first-order valence-corrected chi connectivity index (χ1v) is 10.8. The minimum Gasteiger partial charge on any atom is -0.484 e. The molecule has 10 heteroatoms. The van der Waals surface area contributed by atoms with E-state index in [0.29, 0.717) is 38.7 Å². The van der Waals surface area contributed by atoms with Crippen molar-refractivity contribution < 1.29 is 13.9 Å². The second kappa shape index (κ2) is 9.88. The second-order valence-electron chi connectivity index (χ2n) is 6.66. The van der Waals surface area contributed by atoms with Gasteiger partial charge in [-0.05, 0) is 36.4 Å². The average Bonchev–Trinajstić information content (AvgIpc) is 3.37. The van der Waals surface area contributed by atoms with Crippen LogP contribution in [0.5, 0.6) is 5.75 Å². The van der Waals surface area contributed by atoms with Gasteiger partial charge in [0, 0.05) is 21.8 Å². The molecule has 4 aromatic rings. The summed E-state index contributed by atoms with van der Waals surface area (Å²) in [5.41, 5.74) is 0.696. The highest BCUT2D eigenvalue weighted by atomic mass is 35.5. The van der Waals surface area contributed by atoms with Crippen LogP contribution in [0.2, 0.25) is 20.1 Å². The summed E-state index contributed by atoms with van der Waals surface area (Å²) in [6, 6.07) is 15.5. The van der Waals surface area contributed by atoms with Gasteiger partial charge in [-0.15, -0.1) is 0 Å². The molecular weight excluding hydrogens is 496 g/mol. The third kappa shape index (κ3) is 5.22. The molecule has 0 saturated heterocycles. The highest BCUT2D eigenvalue weighted by Crippen LogP contribution is 2.27. The Bertz CT molecular complexity index is 1250. The SMILES string of the molecule is O=C(Nc1nn(Cc2c(Cl)cccc2Cl)cc1Cl)c1ccc(COc2ccccc2Cl)o1. The molecule has 0 fully saturated rings. The van der Waals surface area contributed by atoms with Gasteiger partial charge in [0.15, 0.2) is 11.6 Å². The number of benzene rings is 2. The minimum atomic E-state index is -0.503. The van der Waals surface area contributed by atoms with Gasteiger partial charge >= 0.3 is 0 Å². The molecule has 1 N–H and O–H groups in total. The Balaban J connectivity index is 1.41. The molecule has 2 heterocycles. The molecule has 6 nitrogen and oxygen atoms in total. The van der Waals surface area contributed by atoms with Gasteiger partial charge in [0.2, 0.25) is 0 Å². The van der Waals surface area contributed by atoms with Crippen LogP contribution in [0, 0.1) is 0 Å². The predicted octanol–water partition coefficient (Wildman–Crippen LogP) is 6.97. The number of nitrogens with zero attached hydrogens (tertiary/aromatic N) is 2. The number of hydrogen-bond acceptors (Lipinski definition) is 4. The van der Waals surface area contributed by atoms with Crippen LogP contribution in [0.25, 0.3) is 0 Å². The molecule has 0 saturated carbocycles. The molecule has 0 atom stereocenters. The highest BCUT2D eigenvalue weighted by Gasteiger charge is 2.17. The summed E-state index contributed by atoms with van der Waals surface area (Å²) in [4.78, 5) is 12.6. The molecule has 2 aromatic carbocycles. The van der Waals surface area contributed by atoms with E-state index in [9.17, 15) is 4.79 Å². The molecule has 4 rings (SSSR count). The van der Waals surface area contributed by atoms with Crippen molar-refractivity contribution in [3.05, 3.63) is 98.0 Å². The van der Waals surface area contributed by atoms with Crippen LogP contribution in [0.3, 0.4) is 0 Å². The van der Waals surface area contributed by atoms with Crippen molar-refractivity contribution in [1.29, 1.82) is 0 Å². The zero-order valence-electron chi connectivity index (χ0n) is 16.3. The number of anilines is 1. The molecule has 164 valence electrons. The van der Waals surface area contributed by atoms with Gasteiger partial charge in [0.1, 0.15) is 23.1 Å². The molecule has 0 unspecified atom stereocenters. The quantitative estimate of drug-likeness (QED) is 0.291. The topological polar surface area (TPSA) is 69.3 Å². The minimum absolute atomic E-state index is 0.0857. The number of para-hydroxylation sites is 1. The number of ether oxygens (including phenoxy) is 1. The number of amides is 1. The maximum atomic E-state index is 12.6. The fourth-order valence-corrected chi connectivity index (χ4v) is 3.77. The number of carbonyl (C=O) groups excluding carboxylic acids is 1. The van der Waals surface area contributed by atoms with E-state index in [1.165, 1.54) is 10.7 Å². The summed E-state index contributed by atoms with van der Waals surface area (Å²) in [7, 11) is 0. The van der Waals surface area contributed by atoms with Crippen molar-refractivity contribution in [3.8, 4) is 5.75 Å². The van der Waals surface area contributed by atoms with Gasteiger partial charge in [-0.1, -0.05) is 64.6 Å². The van der Waals surface area contributed by atoms with Gasteiger partial charge in [-0.2, -0.15) is 5.10 Å². The molecule has 0 radical (unpaired) electrons. The lowest BCUT2D eigenvalue weighted by Crippen LogP contribution is -2.12. The van der Waals surface area contributed by atoms with Crippen LogP contribution < -0.4 is 10.1 Å². The standard InChI is InChI=1S/C22H15Cl4N3O3/c23-15-5-3-6-16(24)14(15)10-29-11-18(26)21(28-29)27-22(30)20-9-8-13(32-20)12-31-19-7-2-1-4-17(19)25/h1-9,11H,10,12H2,(H,27,28,30). The Hall–Kier alpha value is -2.64. The van der Waals surface area contributed by atoms with E-state index < -0.39 is 5.91 Å². The Morgan fingerprint density at radius 1 is 0.938 bits per heavy atom. The van der Waals surface area contributed by atoms with Crippen LogP contribution in [-0.4, -0.2) is 15.7 Å². The molecule has 2 aromatic heterocycles. The van der Waals surface area contributed by atoms with Crippen LogP contribution in [-0.2, 0) is 13.2 Å². The summed E-state index contributed by atoms with van der Waals surface area (Å²) in [6.45, 7) is 0.406. The van der Waals surface area contributed by atoms with Crippen molar-refractivity contribution in [2.24, 2.45) is 0 Å². The van der Waals surface area contributed by atoms with E-state index >= 15 is 0 Å². The normalized spacial score (nSPS) is 10.9. The summed E-state index contributed by atoms with van der Waals surface area (Å²) < 4.78 is 12.7. The van der Waals surface area contributed by atoms with E-state index in [1.54, 1.807) is 48.7 Å². The van der Waals surface area contributed by atoms with Gasteiger partial charge < -0.3 is 14.5 Å². The van der Waals surface area contributed by atoms with Crippen molar-refractivity contribution in [1.82, 2.24) is 9.78 Å². The molecule has 32 heavy (non-hydrogen) atoms. The lowest BCUT2D eigenvalue weighted by molar-refractivity contribution is 0.0992. The average molecular weight is 511 g/mol. The molecule has 0 bridgehead atoms. The number of nitrogens with one attached hydrogen (secondary N) is 1. The summed E-state index contributed by atoms with van der Waals surface area (Å²) in [6.07, 6.45) is 1.57. The summed E-state index contributed by atoms with van der Waals surface area (Å²) >= 11 is 24.7. The number of halogens is 4. The van der Waals surface area contributed by atoms with Gasteiger partial charge in [-0.25, -0.2) is 0 Å². The van der Waals surface area contributed by atoms with Gasteiger partial charge in [0.05, 0.1) is 11.6 Å². The number of furan rings is 1. The smallest absolute Gasteiger partial charge is 0.292 e. The third-order valence-corrected chi connectivity index (χ3v) is 5.72. The van der Waals surface area contributed by atoms with E-state index in [1.807, 2.05) is 6.07 Å². The monoisotopic (exact) mass is 509 g/mol. The van der Waals surface area contributed by atoms with Crippen molar-refractivity contribution in [3.63, 3.8) is 0 Å². The summed E-state index contributed by atoms with van der Waals surface area (Å²) in [5.74, 6) is 0.747. The van der Waals surface area contributed by atoms with E-state index in [0.717, 1.165) is 0 Å². The Morgan fingerprint density at radius 2 is 1.66 bits per heavy atom. The molecule has 0 aliphatic carbocycles. The van der Waals surface area contributed by atoms with Crippen molar-refractivity contribution in [2.75, 3.05) is 5.32 Å². The molecule has 0 aliphatic heterocycles. The number of rotatable bonds is 7. The van der Waals surface area contributed by atoms with E-state index in [4.69, 9.17) is 55.6 Å². The third-order valence-electron chi connectivity index (χ3n) is 4.42.